The second-order valence-electron chi connectivity index (χ2n) is 4.12. The molecular formula is C13H16BrN3S. The Bertz CT molecular complexity index is 525. The van der Waals surface area contributed by atoms with E-state index in [1.54, 1.807) is 11.3 Å². The van der Waals surface area contributed by atoms with Crippen LogP contribution in [-0.2, 0) is 13.0 Å². The molecule has 0 spiro atoms. The number of hydrogen-bond acceptors (Lipinski definition) is 4. The van der Waals surface area contributed by atoms with Gasteiger partial charge in [-0.1, -0.05) is 6.92 Å². The van der Waals surface area contributed by atoms with Gasteiger partial charge in [0, 0.05) is 17.4 Å². The van der Waals surface area contributed by atoms with Crippen LogP contribution in [0.15, 0.2) is 22.1 Å². The van der Waals surface area contributed by atoms with Gasteiger partial charge < -0.3 is 5.32 Å². The highest BCUT2D eigenvalue weighted by atomic mass is 79.9. The second kappa shape index (κ2) is 6.29. The van der Waals surface area contributed by atoms with Gasteiger partial charge in [0.2, 0.25) is 0 Å². The van der Waals surface area contributed by atoms with Gasteiger partial charge in [-0.2, -0.15) is 0 Å². The number of anilines is 1. The molecule has 0 aliphatic carbocycles. The van der Waals surface area contributed by atoms with Crippen molar-refractivity contribution in [3.05, 3.63) is 38.4 Å². The third-order valence-corrected chi connectivity index (χ3v) is 4.04. The SMILES string of the molecule is CCCc1nc(Br)cc(NCc2sccc2C)n1. The van der Waals surface area contributed by atoms with Crippen molar-refractivity contribution >= 4 is 33.1 Å². The molecule has 0 saturated carbocycles. The molecule has 2 rings (SSSR count). The summed E-state index contributed by atoms with van der Waals surface area (Å²) in [5.74, 6) is 1.77. The molecule has 0 bridgehead atoms. The van der Waals surface area contributed by atoms with E-state index in [0.29, 0.717) is 0 Å². The number of hydrogen-bond donors (Lipinski definition) is 1. The van der Waals surface area contributed by atoms with E-state index in [1.165, 1.54) is 10.4 Å². The lowest BCUT2D eigenvalue weighted by molar-refractivity contribution is 0.828. The number of rotatable bonds is 5. The van der Waals surface area contributed by atoms with E-state index in [9.17, 15) is 0 Å². The van der Waals surface area contributed by atoms with E-state index < -0.39 is 0 Å². The van der Waals surface area contributed by atoms with Crippen LogP contribution >= 0.6 is 27.3 Å². The zero-order chi connectivity index (χ0) is 13.0. The van der Waals surface area contributed by atoms with Crippen LogP contribution < -0.4 is 5.32 Å². The fourth-order valence-electron chi connectivity index (χ4n) is 1.65. The highest BCUT2D eigenvalue weighted by Gasteiger charge is 2.04. The average molecular weight is 326 g/mol. The van der Waals surface area contributed by atoms with Crippen LogP contribution in [0.5, 0.6) is 0 Å². The van der Waals surface area contributed by atoms with Crippen LogP contribution in [0, 0.1) is 6.92 Å². The molecule has 0 amide bonds. The van der Waals surface area contributed by atoms with Crippen molar-refractivity contribution in [2.24, 2.45) is 0 Å². The topological polar surface area (TPSA) is 37.8 Å². The summed E-state index contributed by atoms with van der Waals surface area (Å²) >= 11 is 5.20. The minimum Gasteiger partial charge on any atom is -0.365 e. The second-order valence-corrected chi connectivity index (χ2v) is 5.94. The van der Waals surface area contributed by atoms with Crippen molar-refractivity contribution < 1.29 is 0 Å². The molecule has 3 nitrogen and oxygen atoms in total. The Morgan fingerprint density at radius 2 is 2.22 bits per heavy atom. The summed E-state index contributed by atoms with van der Waals surface area (Å²) in [6.07, 6.45) is 1.96. The molecule has 2 aromatic rings. The molecule has 0 radical (unpaired) electrons. The Labute approximate surface area is 120 Å². The molecule has 0 atom stereocenters. The zero-order valence-electron chi connectivity index (χ0n) is 10.5. The van der Waals surface area contributed by atoms with Crippen molar-refractivity contribution in [2.45, 2.75) is 33.2 Å². The summed E-state index contributed by atoms with van der Waals surface area (Å²) in [4.78, 5) is 10.2. The van der Waals surface area contributed by atoms with Gasteiger partial charge in [0.1, 0.15) is 16.2 Å². The van der Waals surface area contributed by atoms with Crippen LogP contribution in [-0.4, -0.2) is 9.97 Å². The van der Waals surface area contributed by atoms with Gasteiger partial charge in [-0.05, 0) is 46.3 Å². The highest BCUT2D eigenvalue weighted by Crippen LogP contribution is 2.18. The monoisotopic (exact) mass is 325 g/mol. The summed E-state index contributed by atoms with van der Waals surface area (Å²) < 4.78 is 0.839. The normalized spacial score (nSPS) is 10.6. The number of aryl methyl sites for hydroxylation is 2. The molecule has 0 aromatic carbocycles. The summed E-state index contributed by atoms with van der Waals surface area (Å²) in [5, 5.41) is 5.47. The Morgan fingerprint density at radius 1 is 1.39 bits per heavy atom. The molecule has 96 valence electrons. The quantitative estimate of drug-likeness (QED) is 0.838. The summed E-state index contributed by atoms with van der Waals surface area (Å²) in [6, 6.07) is 4.06. The van der Waals surface area contributed by atoms with Gasteiger partial charge in [-0.25, -0.2) is 9.97 Å². The number of thiophene rings is 1. The van der Waals surface area contributed by atoms with Crippen molar-refractivity contribution in [3.8, 4) is 0 Å². The lowest BCUT2D eigenvalue weighted by Crippen LogP contribution is -2.04. The average Bonchev–Trinajstić information content (AvgIpc) is 2.72. The molecule has 2 heterocycles. The van der Waals surface area contributed by atoms with Crippen molar-refractivity contribution in [3.63, 3.8) is 0 Å². The number of aromatic nitrogens is 2. The maximum Gasteiger partial charge on any atom is 0.132 e. The molecule has 0 saturated heterocycles. The van der Waals surface area contributed by atoms with Crippen LogP contribution in [0.25, 0.3) is 0 Å². The standard InChI is InChI=1S/C13H16BrN3S/c1-3-4-12-16-11(14)7-13(17-12)15-8-10-9(2)5-6-18-10/h5-7H,3-4,8H2,1-2H3,(H,15,16,17). The van der Waals surface area contributed by atoms with E-state index in [1.807, 2.05) is 6.07 Å². The van der Waals surface area contributed by atoms with Crippen molar-refractivity contribution in [1.82, 2.24) is 9.97 Å². The van der Waals surface area contributed by atoms with E-state index >= 15 is 0 Å². The van der Waals surface area contributed by atoms with Gasteiger partial charge in [-0.15, -0.1) is 11.3 Å². The van der Waals surface area contributed by atoms with Gasteiger partial charge in [0.25, 0.3) is 0 Å². The van der Waals surface area contributed by atoms with Crippen molar-refractivity contribution in [1.29, 1.82) is 0 Å². The smallest absolute Gasteiger partial charge is 0.132 e. The third-order valence-electron chi connectivity index (χ3n) is 2.61. The third kappa shape index (κ3) is 3.53. The first-order valence-corrected chi connectivity index (χ1v) is 7.66. The predicted molar refractivity (Wildman–Crippen MR) is 80.1 cm³/mol. The van der Waals surface area contributed by atoms with Gasteiger partial charge in [0.05, 0.1) is 6.54 Å². The molecule has 0 aliphatic heterocycles. The minimum atomic E-state index is 0.818. The predicted octanol–water partition coefficient (Wildman–Crippen LogP) is 4.17. The number of nitrogens with zero attached hydrogens (tertiary/aromatic N) is 2. The van der Waals surface area contributed by atoms with Crippen LogP contribution in [0.2, 0.25) is 0 Å². The number of nitrogens with one attached hydrogen (secondary N) is 1. The van der Waals surface area contributed by atoms with E-state index in [-0.39, 0.29) is 0 Å². The molecular weight excluding hydrogens is 310 g/mol. The Balaban J connectivity index is 2.07. The van der Waals surface area contributed by atoms with Crippen LogP contribution in [0.1, 0.15) is 29.6 Å². The first-order valence-electron chi connectivity index (χ1n) is 5.99. The summed E-state index contributed by atoms with van der Waals surface area (Å²) in [5.41, 5.74) is 1.33. The van der Waals surface area contributed by atoms with Gasteiger partial charge in [0.15, 0.2) is 0 Å². The molecule has 0 fully saturated rings. The minimum absolute atomic E-state index is 0.818. The first kappa shape index (κ1) is 13.5. The molecule has 5 heteroatoms. The summed E-state index contributed by atoms with van der Waals surface area (Å²) in [6.45, 7) is 5.08. The van der Waals surface area contributed by atoms with Crippen LogP contribution in [0.3, 0.4) is 0 Å². The fourth-order valence-corrected chi connectivity index (χ4v) is 2.91. The van der Waals surface area contributed by atoms with E-state index in [2.05, 4.69) is 56.5 Å². The molecule has 0 aliphatic rings. The Kier molecular flexibility index (Phi) is 4.72. The Hall–Kier alpha value is -0.940. The molecule has 2 aromatic heterocycles. The largest absolute Gasteiger partial charge is 0.365 e. The zero-order valence-corrected chi connectivity index (χ0v) is 12.9. The van der Waals surface area contributed by atoms with Crippen molar-refractivity contribution in [2.75, 3.05) is 5.32 Å². The molecule has 1 N–H and O–H groups in total. The van der Waals surface area contributed by atoms with Gasteiger partial charge in [-0.3, -0.25) is 0 Å². The van der Waals surface area contributed by atoms with Gasteiger partial charge >= 0.3 is 0 Å². The highest BCUT2D eigenvalue weighted by molar-refractivity contribution is 9.10. The lowest BCUT2D eigenvalue weighted by Gasteiger charge is -2.07. The first-order chi connectivity index (χ1) is 8.69. The maximum absolute atomic E-state index is 4.50. The van der Waals surface area contributed by atoms with E-state index in [0.717, 1.165) is 35.6 Å². The Morgan fingerprint density at radius 3 is 2.89 bits per heavy atom. The maximum atomic E-state index is 4.50. The number of halogens is 1. The summed E-state index contributed by atoms with van der Waals surface area (Å²) in [7, 11) is 0. The lowest BCUT2D eigenvalue weighted by atomic mass is 10.3. The molecule has 18 heavy (non-hydrogen) atoms. The van der Waals surface area contributed by atoms with E-state index in [4.69, 9.17) is 0 Å². The van der Waals surface area contributed by atoms with Crippen LogP contribution in [0.4, 0.5) is 5.82 Å². The fraction of sp³-hybridized carbons (Fsp3) is 0.385. The molecule has 0 unspecified atom stereocenters.